The first-order chi connectivity index (χ1) is 13.0. The molecule has 0 heterocycles. The van der Waals surface area contributed by atoms with Crippen molar-refractivity contribution < 1.29 is 5.11 Å². The van der Waals surface area contributed by atoms with E-state index in [1.54, 1.807) is 5.57 Å². The van der Waals surface area contributed by atoms with E-state index in [0.29, 0.717) is 16.9 Å². The minimum atomic E-state index is -0.522. The predicted molar refractivity (Wildman–Crippen MR) is 118 cm³/mol. The summed E-state index contributed by atoms with van der Waals surface area (Å²) in [6.07, 6.45) is 15.4. The number of fused-ring (bicyclic) bond motifs is 5. The summed E-state index contributed by atoms with van der Waals surface area (Å²) in [5.41, 5.74) is 8.47. The molecule has 0 amide bonds. The van der Waals surface area contributed by atoms with Gasteiger partial charge < -0.3 is 10.8 Å². The minimum Gasteiger partial charge on any atom is -0.390 e. The van der Waals surface area contributed by atoms with Gasteiger partial charge in [0.1, 0.15) is 0 Å². The number of hydrogen-bond acceptors (Lipinski definition) is 2. The van der Waals surface area contributed by atoms with E-state index in [-0.39, 0.29) is 0 Å². The van der Waals surface area contributed by atoms with Crippen LogP contribution < -0.4 is 5.73 Å². The van der Waals surface area contributed by atoms with Crippen LogP contribution in [0.25, 0.3) is 0 Å². The zero-order valence-corrected chi connectivity index (χ0v) is 19.1. The summed E-state index contributed by atoms with van der Waals surface area (Å²) in [4.78, 5) is 0. The Balaban J connectivity index is 1.52. The Morgan fingerprint density at radius 3 is 2.61 bits per heavy atom. The number of rotatable bonds is 4. The van der Waals surface area contributed by atoms with Crippen molar-refractivity contribution in [2.75, 3.05) is 0 Å². The van der Waals surface area contributed by atoms with Gasteiger partial charge in [0.2, 0.25) is 0 Å². The van der Waals surface area contributed by atoms with Crippen LogP contribution in [0.4, 0.5) is 0 Å². The van der Waals surface area contributed by atoms with Gasteiger partial charge in [-0.2, -0.15) is 0 Å². The molecular formula is C26H45NO. The highest BCUT2D eigenvalue weighted by Gasteiger charge is 2.59. The molecule has 2 nitrogen and oxygen atoms in total. The van der Waals surface area contributed by atoms with Crippen molar-refractivity contribution in [3.05, 3.63) is 11.6 Å². The molecule has 0 bridgehead atoms. The molecule has 4 aliphatic carbocycles. The number of nitrogens with two attached hydrogens (primary N) is 1. The van der Waals surface area contributed by atoms with Gasteiger partial charge in [0, 0.05) is 6.04 Å². The van der Waals surface area contributed by atoms with Crippen LogP contribution in [-0.2, 0) is 0 Å². The smallest absolute Gasteiger partial charge is 0.0591 e. The van der Waals surface area contributed by atoms with Gasteiger partial charge >= 0.3 is 0 Å². The summed E-state index contributed by atoms with van der Waals surface area (Å²) in [5, 5.41) is 10.2. The van der Waals surface area contributed by atoms with Gasteiger partial charge in [-0.05, 0) is 118 Å². The molecule has 2 heteroatoms. The monoisotopic (exact) mass is 387 g/mol. The van der Waals surface area contributed by atoms with E-state index >= 15 is 0 Å². The fourth-order valence-electron chi connectivity index (χ4n) is 8.45. The Kier molecular flexibility index (Phi) is 5.32. The molecule has 0 radical (unpaired) electrons. The summed E-state index contributed by atoms with van der Waals surface area (Å²) in [6, 6.07) is 0.400. The van der Waals surface area contributed by atoms with Crippen molar-refractivity contribution in [3.63, 3.8) is 0 Å². The molecule has 0 aliphatic heterocycles. The quantitative estimate of drug-likeness (QED) is 0.574. The highest BCUT2D eigenvalue weighted by molar-refractivity contribution is 5.25. The molecule has 3 fully saturated rings. The van der Waals surface area contributed by atoms with E-state index in [9.17, 15) is 5.11 Å². The summed E-state index contributed by atoms with van der Waals surface area (Å²) in [6.45, 7) is 11.6. The molecule has 0 aromatic carbocycles. The van der Waals surface area contributed by atoms with Gasteiger partial charge in [0.05, 0.1) is 5.60 Å². The van der Waals surface area contributed by atoms with Crippen LogP contribution in [0.3, 0.4) is 0 Å². The molecular weight excluding hydrogens is 342 g/mol. The first kappa shape index (κ1) is 20.9. The molecule has 0 aromatic heterocycles. The van der Waals surface area contributed by atoms with Crippen molar-refractivity contribution >= 4 is 0 Å². The largest absolute Gasteiger partial charge is 0.390 e. The van der Waals surface area contributed by atoms with E-state index in [0.717, 1.165) is 42.4 Å². The third kappa shape index (κ3) is 3.41. The molecule has 4 unspecified atom stereocenters. The maximum Gasteiger partial charge on any atom is 0.0591 e. The fourth-order valence-corrected chi connectivity index (χ4v) is 8.45. The highest BCUT2D eigenvalue weighted by Crippen LogP contribution is 2.67. The molecule has 0 saturated heterocycles. The second-order valence-corrected chi connectivity index (χ2v) is 12.3. The van der Waals surface area contributed by atoms with Crippen molar-refractivity contribution in [1.29, 1.82) is 0 Å². The lowest BCUT2D eigenvalue weighted by Gasteiger charge is -2.58. The van der Waals surface area contributed by atoms with E-state index < -0.39 is 5.60 Å². The maximum absolute atomic E-state index is 10.2. The zero-order valence-electron chi connectivity index (χ0n) is 19.1. The normalized spacial score (nSPS) is 47.0. The highest BCUT2D eigenvalue weighted by atomic mass is 16.3. The average Bonchev–Trinajstić information content (AvgIpc) is 2.97. The average molecular weight is 388 g/mol. The van der Waals surface area contributed by atoms with Gasteiger partial charge in [-0.15, -0.1) is 0 Å². The summed E-state index contributed by atoms with van der Waals surface area (Å²) >= 11 is 0. The Morgan fingerprint density at radius 1 is 1.14 bits per heavy atom. The van der Waals surface area contributed by atoms with Crippen molar-refractivity contribution in [1.82, 2.24) is 0 Å². The van der Waals surface area contributed by atoms with E-state index in [4.69, 9.17) is 5.73 Å². The predicted octanol–water partition coefficient (Wildman–Crippen LogP) is 6.08. The summed E-state index contributed by atoms with van der Waals surface area (Å²) in [5.74, 6) is 4.28. The topological polar surface area (TPSA) is 46.2 Å². The molecule has 0 spiro atoms. The molecule has 4 aliphatic rings. The maximum atomic E-state index is 10.2. The van der Waals surface area contributed by atoms with Crippen LogP contribution in [0.2, 0.25) is 0 Å². The van der Waals surface area contributed by atoms with Crippen LogP contribution in [0.5, 0.6) is 0 Å². The second-order valence-electron chi connectivity index (χ2n) is 12.3. The third-order valence-electron chi connectivity index (χ3n) is 10.1. The number of allylic oxidation sites excluding steroid dienone is 1. The molecule has 160 valence electrons. The van der Waals surface area contributed by atoms with E-state index in [1.165, 1.54) is 51.4 Å². The Morgan fingerprint density at radius 2 is 1.89 bits per heavy atom. The lowest BCUT2D eigenvalue weighted by molar-refractivity contribution is -0.0523. The van der Waals surface area contributed by atoms with Crippen molar-refractivity contribution in [2.24, 2.45) is 46.2 Å². The van der Waals surface area contributed by atoms with Gasteiger partial charge in [0.25, 0.3) is 0 Å². The Hall–Kier alpha value is -0.340. The molecule has 8 atom stereocenters. The van der Waals surface area contributed by atoms with Crippen LogP contribution in [0.1, 0.15) is 98.8 Å². The standard InChI is InChI=1S/C26H45NO/c1-17(10-13-24(2,3)28)21-8-9-22-20-7-6-18-16-19(27)11-14-25(18,4)23(20)12-15-26(21,22)5/h6,17,19-23,28H,7-16,27H2,1-5H3/t17?,19-,20?,21+,22?,23?,25-,26+/m0/s1. The van der Waals surface area contributed by atoms with Gasteiger partial charge in [0.15, 0.2) is 0 Å². The molecule has 3 N–H and O–H groups in total. The van der Waals surface area contributed by atoms with Gasteiger partial charge in [-0.3, -0.25) is 0 Å². The van der Waals surface area contributed by atoms with Crippen LogP contribution in [0, 0.1) is 40.4 Å². The van der Waals surface area contributed by atoms with Crippen LogP contribution >= 0.6 is 0 Å². The molecule has 0 aromatic rings. The summed E-state index contributed by atoms with van der Waals surface area (Å²) in [7, 11) is 0. The third-order valence-corrected chi connectivity index (χ3v) is 10.1. The van der Waals surface area contributed by atoms with Gasteiger partial charge in [-0.1, -0.05) is 32.4 Å². The fraction of sp³-hybridized carbons (Fsp3) is 0.923. The van der Waals surface area contributed by atoms with Crippen molar-refractivity contribution in [3.8, 4) is 0 Å². The lowest BCUT2D eigenvalue weighted by Crippen LogP contribution is -2.51. The molecule has 28 heavy (non-hydrogen) atoms. The van der Waals surface area contributed by atoms with Crippen LogP contribution in [-0.4, -0.2) is 16.7 Å². The van der Waals surface area contributed by atoms with Crippen molar-refractivity contribution in [2.45, 2.75) is 110 Å². The first-order valence-corrected chi connectivity index (χ1v) is 12.2. The molecule has 4 rings (SSSR count). The minimum absolute atomic E-state index is 0.400. The number of aliphatic hydroxyl groups is 1. The van der Waals surface area contributed by atoms with E-state index in [1.807, 2.05) is 13.8 Å². The SMILES string of the molecule is CC(CCC(C)(C)O)[C@H]1CCC2C3CC=C4C[C@@H](N)CC[C@]4(C)C3CC[C@@]21C. The molecule has 3 saturated carbocycles. The van der Waals surface area contributed by atoms with E-state index in [2.05, 4.69) is 26.8 Å². The van der Waals surface area contributed by atoms with Gasteiger partial charge in [-0.25, -0.2) is 0 Å². The Labute approximate surface area is 173 Å². The lowest BCUT2D eigenvalue weighted by atomic mass is 9.47. The van der Waals surface area contributed by atoms with Crippen LogP contribution in [0.15, 0.2) is 11.6 Å². The number of hydrogen-bond donors (Lipinski definition) is 2. The zero-order chi connectivity index (χ0) is 20.3. The Bertz CT molecular complexity index is 618. The first-order valence-electron chi connectivity index (χ1n) is 12.2. The second kappa shape index (κ2) is 7.12. The summed E-state index contributed by atoms with van der Waals surface area (Å²) < 4.78 is 0.